The third-order valence-electron chi connectivity index (χ3n) is 4.64. The fourth-order valence-corrected chi connectivity index (χ4v) is 3.79. The Hall–Kier alpha value is -3.79. The van der Waals surface area contributed by atoms with Gasteiger partial charge in [-0.3, -0.25) is 9.36 Å². The topological polar surface area (TPSA) is 69.0 Å². The third-order valence-corrected chi connectivity index (χ3v) is 5.57. The number of hydrogen-bond acceptors (Lipinski definition) is 5. The average molecular weight is 470 g/mol. The quantitative estimate of drug-likeness (QED) is 0.301. The Kier molecular flexibility index (Phi) is 6.64. The molecule has 0 aliphatic rings. The summed E-state index contributed by atoms with van der Waals surface area (Å²) >= 11 is 1.07. The van der Waals surface area contributed by atoms with Gasteiger partial charge in [0.1, 0.15) is 5.75 Å². The minimum absolute atomic E-state index is 0.161. The molecular formula is C23H17F3N4O2S. The molecule has 33 heavy (non-hydrogen) atoms. The predicted octanol–water partition coefficient (Wildman–Crippen LogP) is 5.09. The van der Waals surface area contributed by atoms with E-state index in [-0.39, 0.29) is 5.75 Å². The van der Waals surface area contributed by atoms with E-state index in [9.17, 15) is 18.0 Å². The highest BCUT2D eigenvalue weighted by atomic mass is 32.2. The smallest absolute Gasteiger partial charge is 0.234 e. The first kappa shape index (κ1) is 22.4. The fraction of sp³-hybridized carbons (Fsp3) is 0.0870. The molecule has 3 aromatic carbocycles. The Morgan fingerprint density at radius 2 is 1.70 bits per heavy atom. The van der Waals surface area contributed by atoms with Crippen molar-refractivity contribution in [2.45, 2.75) is 5.16 Å². The third kappa shape index (κ3) is 4.85. The first-order valence-corrected chi connectivity index (χ1v) is 10.7. The summed E-state index contributed by atoms with van der Waals surface area (Å²) in [5.74, 6) is -3.96. The molecule has 0 aliphatic heterocycles. The van der Waals surface area contributed by atoms with Gasteiger partial charge in [-0.05, 0) is 48.5 Å². The average Bonchev–Trinajstić information content (AvgIpc) is 3.27. The number of rotatable bonds is 7. The van der Waals surface area contributed by atoms with Crippen molar-refractivity contribution >= 4 is 23.4 Å². The molecule has 4 rings (SSSR count). The Bertz CT molecular complexity index is 1280. The van der Waals surface area contributed by atoms with Crippen molar-refractivity contribution in [2.75, 3.05) is 18.2 Å². The number of para-hydroxylation sites is 1. The molecule has 4 aromatic rings. The molecule has 1 N–H and O–H groups in total. The summed E-state index contributed by atoms with van der Waals surface area (Å²) in [5, 5.41) is 11.2. The molecule has 168 valence electrons. The van der Waals surface area contributed by atoms with Crippen LogP contribution in [0.3, 0.4) is 0 Å². The van der Waals surface area contributed by atoms with Crippen molar-refractivity contribution in [1.29, 1.82) is 0 Å². The lowest BCUT2D eigenvalue weighted by molar-refractivity contribution is -0.113. The lowest BCUT2D eigenvalue weighted by atomic mass is 10.2. The number of carbonyl (C=O) groups is 1. The number of halogens is 3. The van der Waals surface area contributed by atoms with Gasteiger partial charge in [0.05, 0.1) is 18.6 Å². The highest BCUT2D eigenvalue weighted by molar-refractivity contribution is 7.99. The highest BCUT2D eigenvalue weighted by Gasteiger charge is 2.19. The summed E-state index contributed by atoms with van der Waals surface area (Å²) < 4.78 is 47.3. The largest absolute Gasteiger partial charge is 0.497 e. The summed E-state index contributed by atoms with van der Waals surface area (Å²) in [5.41, 5.74) is 1.12. The van der Waals surface area contributed by atoms with E-state index >= 15 is 0 Å². The summed E-state index contributed by atoms with van der Waals surface area (Å²) in [6, 6.07) is 18.3. The molecule has 1 aromatic heterocycles. The number of nitrogens with one attached hydrogen (secondary N) is 1. The Morgan fingerprint density at radius 1 is 0.970 bits per heavy atom. The fourth-order valence-electron chi connectivity index (χ4n) is 3.04. The minimum atomic E-state index is -1.64. The van der Waals surface area contributed by atoms with Gasteiger partial charge in [0.25, 0.3) is 0 Å². The molecule has 0 aliphatic carbocycles. The van der Waals surface area contributed by atoms with Crippen LogP contribution in [-0.2, 0) is 4.79 Å². The first-order chi connectivity index (χ1) is 16.0. The van der Waals surface area contributed by atoms with E-state index in [2.05, 4.69) is 15.5 Å². The maximum absolute atomic E-state index is 13.8. The molecule has 1 amide bonds. The zero-order valence-corrected chi connectivity index (χ0v) is 18.1. The van der Waals surface area contributed by atoms with Gasteiger partial charge in [0, 0.05) is 11.3 Å². The molecule has 0 saturated carbocycles. The Labute approximate surface area is 191 Å². The summed E-state index contributed by atoms with van der Waals surface area (Å²) in [6.07, 6.45) is 0. The van der Waals surface area contributed by atoms with Gasteiger partial charge in [-0.1, -0.05) is 30.0 Å². The number of ether oxygens (including phenoxy) is 1. The second-order valence-electron chi connectivity index (χ2n) is 6.77. The van der Waals surface area contributed by atoms with Gasteiger partial charge in [0.15, 0.2) is 28.4 Å². The SMILES string of the molecule is COc1ccc(-c2nnc(SCC(=O)Nc3ccc(F)c(F)c3F)n2-c2ccccc2)cc1. The molecule has 0 bridgehead atoms. The van der Waals surface area contributed by atoms with Crippen molar-refractivity contribution in [3.63, 3.8) is 0 Å². The molecule has 0 spiro atoms. The Morgan fingerprint density at radius 3 is 2.39 bits per heavy atom. The van der Waals surface area contributed by atoms with E-state index in [0.717, 1.165) is 35.1 Å². The lowest BCUT2D eigenvalue weighted by Gasteiger charge is -2.11. The van der Waals surface area contributed by atoms with Gasteiger partial charge in [-0.25, -0.2) is 13.2 Å². The number of hydrogen-bond donors (Lipinski definition) is 1. The van der Waals surface area contributed by atoms with Crippen LogP contribution in [0.5, 0.6) is 5.75 Å². The summed E-state index contributed by atoms with van der Waals surface area (Å²) in [4.78, 5) is 12.3. The van der Waals surface area contributed by atoms with Crippen LogP contribution >= 0.6 is 11.8 Å². The number of thioether (sulfide) groups is 1. The van der Waals surface area contributed by atoms with Crippen LogP contribution in [0.25, 0.3) is 17.1 Å². The predicted molar refractivity (Wildman–Crippen MR) is 119 cm³/mol. The summed E-state index contributed by atoms with van der Waals surface area (Å²) in [7, 11) is 1.58. The number of anilines is 1. The molecule has 10 heteroatoms. The van der Waals surface area contributed by atoms with Crippen LogP contribution in [0.4, 0.5) is 18.9 Å². The van der Waals surface area contributed by atoms with E-state index in [0.29, 0.717) is 16.7 Å². The van der Waals surface area contributed by atoms with E-state index in [4.69, 9.17) is 4.74 Å². The van der Waals surface area contributed by atoms with Crippen molar-refractivity contribution in [3.8, 4) is 22.8 Å². The standard InChI is InChI=1S/C23H17F3N4O2S/c1-32-16-9-7-14(8-10-16)22-28-29-23(30(22)15-5-3-2-4-6-15)33-13-19(31)27-18-12-11-17(24)20(25)21(18)26/h2-12H,13H2,1H3,(H,27,31). The van der Waals surface area contributed by atoms with Gasteiger partial charge < -0.3 is 10.1 Å². The van der Waals surface area contributed by atoms with Crippen LogP contribution < -0.4 is 10.1 Å². The number of methoxy groups -OCH3 is 1. The van der Waals surface area contributed by atoms with Gasteiger partial charge in [-0.15, -0.1) is 10.2 Å². The zero-order chi connectivity index (χ0) is 23.4. The van der Waals surface area contributed by atoms with Crippen LogP contribution in [-0.4, -0.2) is 33.5 Å². The zero-order valence-electron chi connectivity index (χ0n) is 17.3. The summed E-state index contributed by atoms with van der Waals surface area (Å²) in [6.45, 7) is 0. The maximum Gasteiger partial charge on any atom is 0.234 e. The molecular weight excluding hydrogens is 453 g/mol. The highest BCUT2D eigenvalue weighted by Crippen LogP contribution is 2.29. The normalized spacial score (nSPS) is 10.8. The van der Waals surface area contributed by atoms with E-state index in [1.54, 1.807) is 23.8 Å². The van der Waals surface area contributed by atoms with Crippen molar-refractivity contribution in [1.82, 2.24) is 14.8 Å². The van der Waals surface area contributed by atoms with Crippen LogP contribution in [0.2, 0.25) is 0 Å². The second kappa shape index (κ2) is 9.78. The monoisotopic (exact) mass is 470 g/mol. The first-order valence-electron chi connectivity index (χ1n) is 9.69. The lowest BCUT2D eigenvalue weighted by Crippen LogP contribution is -2.16. The molecule has 6 nitrogen and oxygen atoms in total. The number of aromatic nitrogens is 3. The number of carbonyl (C=O) groups excluding carboxylic acids is 1. The van der Waals surface area contributed by atoms with Crippen LogP contribution in [0.1, 0.15) is 0 Å². The Balaban J connectivity index is 1.58. The van der Waals surface area contributed by atoms with Crippen LogP contribution in [0, 0.1) is 17.5 Å². The van der Waals surface area contributed by atoms with Crippen molar-refractivity contribution in [2.24, 2.45) is 0 Å². The van der Waals surface area contributed by atoms with E-state index < -0.39 is 29.0 Å². The van der Waals surface area contributed by atoms with Gasteiger partial charge in [-0.2, -0.15) is 0 Å². The van der Waals surface area contributed by atoms with Crippen molar-refractivity contribution < 1.29 is 22.7 Å². The van der Waals surface area contributed by atoms with Gasteiger partial charge in [0.2, 0.25) is 5.91 Å². The van der Waals surface area contributed by atoms with Gasteiger partial charge >= 0.3 is 0 Å². The molecule has 0 atom stereocenters. The second-order valence-corrected chi connectivity index (χ2v) is 7.71. The molecule has 1 heterocycles. The van der Waals surface area contributed by atoms with E-state index in [1.807, 2.05) is 42.5 Å². The maximum atomic E-state index is 13.8. The number of benzene rings is 3. The number of nitrogens with zero attached hydrogens (tertiary/aromatic N) is 3. The van der Waals surface area contributed by atoms with Crippen LogP contribution in [0.15, 0.2) is 71.9 Å². The molecule has 0 unspecified atom stereocenters. The van der Waals surface area contributed by atoms with Crippen molar-refractivity contribution in [3.05, 3.63) is 84.2 Å². The van der Waals surface area contributed by atoms with E-state index in [1.165, 1.54) is 0 Å². The number of amides is 1. The molecule has 0 fully saturated rings. The molecule has 0 saturated heterocycles. The molecule has 0 radical (unpaired) electrons. The minimum Gasteiger partial charge on any atom is -0.497 e.